The standard InChI is InChI=1S/C45H52N4O8/c1-8-26-18-27-21-44(40(51)54-6,36-29(24-48(22-26)23-27)28-12-10-11-13-32(28)46-36)31-19-30-33(20-34(31)53-5)47(4)38-43(30)15-17-49-16-14-35-42(9-2,37(43)49)39(56-25(3)50)45(38,57-35)41(52)55-7/h10-14,16,18-20,27,35,37-39,46H,8-9,15,17,21-24H2,1-7H3/t27-,35-,37-,38+,39+,42+,43+,44-,45-/m0/s1. The number of methoxy groups -OCH3 is 3. The van der Waals surface area contributed by atoms with Gasteiger partial charge in [-0.25, -0.2) is 4.79 Å². The number of fused-ring (bicyclic) bond motifs is 8. The number of hydrogen-bond acceptors (Lipinski definition) is 11. The summed E-state index contributed by atoms with van der Waals surface area (Å²) in [6.07, 6.45) is 7.78. The van der Waals surface area contributed by atoms with Crippen molar-refractivity contribution >= 4 is 34.5 Å². The fourth-order valence-electron chi connectivity index (χ4n) is 13.4. The zero-order valence-corrected chi connectivity index (χ0v) is 33.8. The molecule has 3 aromatic rings. The molecule has 1 saturated carbocycles. The lowest BCUT2D eigenvalue weighted by Gasteiger charge is -2.59. The summed E-state index contributed by atoms with van der Waals surface area (Å²) in [5, 5.41) is 1.08. The molecule has 1 spiro atoms. The van der Waals surface area contributed by atoms with Crippen molar-refractivity contribution in [3.63, 3.8) is 0 Å². The second kappa shape index (κ2) is 12.3. The second-order valence-electron chi connectivity index (χ2n) is 17.4. The van der Waals surface area contributed by atoms with Gasteiger partial charge in [0.25, 0.3) is 0 Å². The fraction of sp³-hybridized carbons (Fsp3) is 0.533. The van der Waals surface area contributed by atoms with E-state index < -0.39 is 52.0 Å². The van der Waals surface area contributed by atoms with Crippen LogP contribution in [0.3, 0.4) is 0 Å². The number of para-hydroxylation sites is 1. The highest BCUT2D eigenvalue weighted by Gasteiger charge is 2.87. The average Bonchev–Trinajstić information content (AvgIpc) is 3.93. The number of carbonyl (C=O) groups excluding carboxylic acids is 3. The fourth-order valence-corrected chi connectivity index (χ4v) is 13.4. The number of carbonyl (C=O) groups is 3. The minimum absolute atomic E-state index is 0.0551. The summed E-state index contributed by atoms with van der Waals surface area (Å²) in [6.45, 7) is 8.80. The van der Waals surface area contributed by atoms with Crippen LogP contribution < -0.4 is 9.64 Å². The molecule has 10 rings (SSSR count). The second-order valence-corrected chi connectivity index (χ2v) is 17.4. The van der Waals surface area contributed by atoms with Gasteiger partial charge in [-0.05, 0) is 67.1 Å². The highest BCUT2D eigenvalue weighted by Crippen LogP contribution is 2.73. The Labute approximate surface area is 333 Å². The summed E-state index contributed by atoms with van der Waals surface area (Å²) in [4.78, 5) is 53.7. The van der Waals surface area contributed by atoms with E-state index in [0.717, 1.165) is 65.0 Å². The molecule has 2 aromatic carbocycles. The summed E-state index contributed by atoms with van der Waals surface area (Å²) >= 11 is 0. The molecular formula is C45H52N4O8. The van der Waals surface area contributed by atoms with E-state index in [-0.39, 0.29) is 17.9 Å². The third kappa shape index (κ3) is 4.28. The molecule has 12 heteroatoms. The maximum atomic E-state index is 15.2. The molecule has 6 aliphatic heterocycles. The summed E-state index contributed by atoms with van der Waals surface area (Å²) in [7, 11) is 6.50. The van der Waals surface area contributed by atoms with Crippen LogP contribution in [0.4, 0.5) is 5.69 Å². The summed E-state index contributed by atoms with van der Waals surface area (Å²) in [5.74, 6) is -0.786. The van der Waals surface area contributed by atoms with Crippen LogP contribution >= 0.6 is 0 Å². The summed E-state index contributed by atoms with van der Waals surface area (Å²) < 4.78 is 31.4. The first-order valence-corrected chi connectivity index (χ1v) is 20.4. The van der Waals surface area contributed by atoms with Crippen LogP contribution in [0.25, 0.3) is 10.9 Å². The maximum absolute atomic E-state index is 15.2. The Morgan fingerprint density at radius 3 is 2.51 bits per heavy atom. The Balaban J connectivity index is 1.29. The minimum Gasteiger partial charge on any atom is -0.496 e. The normalized spacial score (nSPS) is 36.4. The largest absolute Gasteiger partial charge is 0.496 e. The van der Waals surface area contributed by atoms with Crippen molar-refractivity contribution < 1.29 is 38.1 Å². The Kier molecular flexibility index (Phi) is 7.91. The molecule has 7 heterocycles. The van der Waals surface area contributed by atoms with Crippen LogP contribution in [0.1, 0.15) is 68.8 Å². The number of anilines is 1. The molecule has 3 fully saturated rings. The van der Waals surface area contributed by atoms with Crippen LogP contribution in [0.15, 0.2) is 60.3 Å². The van der Waals surface area contributed by atoms with Gasteiger partial charge in [-0.15, -0.1) is 0 Å². The van der Waals surface area contributed by atoms with Gasteiger partial charge in [0, 0.05) is 79.5 Å². The van der Waals surface area contributed by atoms with Gasteiger partial charge >= 0.3 is 17.9 Å². The number of nitrogens with zero attached hydrogens (tertiary/aromatic N) is 3. The lowest BCUT2D eigenvalue weighted by atomic mass is 9.48. The first kappa shape index (κ1) is 36.5. The molecule has 10 atom stereocenters. The lowest BCUT2D eigenvalue weighted by molar-refractivity contribution is -0.198. The minimum atomic E-state index is -1.65. The highest BCUT2D eigenvalue weighted by molar-refractivity contribution is 5.95. The number of esters is 3. The SMILES string of the molecule is CCC1=C[C@@H]2CN(C1)Cc1c([nH]c3ccccc13)[C@@](C(=O)OC)(c1cc3c(cc1OC)N(C)[C@H]1[C@]4(C(=O)OC)O[C@H]5C=CN6CC[C@]31[C@@H]6[C@]5(CC)[C@H]4OC(C)=O)C2. The molecule has 1 unspecified atom stereocenters. The molecule has 57 heavy (non-hydrogen) atoms. The molecule has 12 nitrogen and oxygen atoms in total. The van der Waals surface area contributed by atoms with Crippen molar-refractivity contribution in [1.29, 1.82) is 0 Å². The van der Waals surface area contributed by atoms with E-state index in [2.05, 4.69) is 70.1 Å². The highest BCUT2D eigenvalue weighted by atomic mass is 16.6. The number of rotatable bonds is 7. The van der Waals surface area contributed by atoms with Gasteiger partial charge in [-0.3, -0.25) is 14.5 Å². The molecule has 1 aliphatic carbocycles. The first-order chi connectivity index (χ1) is 27.5. The smallest absolute Gasteiger partial charge is 0.344 e. The predicted octanol–water partition coefficient (Wildman–Crippen LogP) is 5.12. The van der Waals surface area contributed by atoms with Crippen molar-refractivity contribution in [2.75, 3.05) is 52.9 Å². The van der Waals surface area contributed by atoms with E-state index in [4.69, 9.17) is 23.7 Å². The molecule has 0 amide bonds. The van der Waals surface area contributed by atoms with Gasteiger partial charge in [-0.1, -0.05) is 43.7 Å². The maximum Gasteiger partial charge on any atom is 0.344 e. The Morgan fingerprint density at radius 2 is 1.79 bits per heavy atom. The van der Waals surface area contributed by atoms with Crippen LogP contribution in [0, 0.1) is 11.3 Å². The van der Waals surface area contributed by atoms with E-state index >= 15 is 4.79 Å². The zero-order chi connectivity index (χ0) is 39.8. The summed E-state index contributed by atoms with van der Waals surface area (Å²) in [5.41, 5.74) is 2.43. The van der Waals surface area contributed by atoms with E-state index in [0.29, 0.717) is 31.6 Å². The quantitative estimate of drug-likeness (QED) is 0.196. The number of hydrogen-bond donors (Lipinski definition) is 1. The number of aromatic nitrogens is 1. The lowest BCUT2D eigenvalue weighted by Crippen LogP contribution is -2.78. The van der Waals surface area contributed by atoms with Crippen molar-refractivity contribution in [2.24, 2.45) is 11.3 Å². The number of aromatic amines is 1. The van der Waals surface area contributed by atoms with E-state index in [1.54, 1.807) is 7.11 Å². The van der Waals surface area contributed by atoms with E-state index in [9.17, 15) is 9.59 Å². The van der Waals surface area contributed by atoms with Crippen molar-refractivity contribution in [2.45, 2.75) is 93.7 Å². The van der Waals surface area contributed by atoms with Gasteiger partial charge in [0.1, 0.15) is 11.2 Å². The number of likely N-dealkylation sites (N-methyl/N-ethyl adjacent to an activating group) is 1. The monoisotopic (exact) mass is 776 g/mol. The molecular weight excluding hydrogens is 725 g/mol. The number of ether oxygens (including phenoxy) is 5. The molecule has 7 aliphatic rings. The Bertz CT molecular complexity index is 2300. The molecule has 2 saturated heterocycles. The molecule has 1 N–H and O–H groups in total. The van der Waals surface area contributed by atoms with Crippen LogP contribution in [-0.4, -0.2) is 111 Å². The van der Waals surface area contributed by atoms with Crippen molar-refractivity contribution in [3.05, 3.63) is 82.7 Å². The molecule has 0 radical (unpaired) electrons. The zero-order valence-electron chi connectivity index (χ0n) is 33.8. The number of nitrogens with one attached hydrogen (secondary N) is 1. The van der Waals surface area contributed by atoms with Gasteiger partial charge in [0.15, 0.2) is 6.10 Å². The molecule has 300 valence electrons. The van der Waals surface area contributed by atoms with Gasteiger partial charge < -0.3 is 38.5 Å². The number of benzene rings is 2. The van der Waals surface area contributed by atoms with Crippen LogP contribution in [0.5, 0.6) is 5.75 Å². The molecule has 1 aromatic heterocycles. The molecule has 4 bridgehead atoms. The van der Waals surface area contributed by atoms with Crippen molar-refractivity contribution in [1.82, 2.24) is 14.8 Å². The topological polar surface area (TPSA) is 123 Å². The van der Waals surface area contributed by atoms with E-state index in [1.165, 1.54) is 26.7 Å². The van der Waals surface area contributed by atoms with Crippen LogP contribution in [0.2, 0.25) is 0 Å². The van der Waals surface area contributed by atoms with Gasteiger partial charge in [0.2, 0.25) is 5.60 Å². The first-order valence-electron chi connectivity index (χ1n) is 20.4. The number of H-pyrrole nitrogens is 1. The van der Waals surface area contributed by atoms with E-state index in [1.807, 2.05) is 25.3 Å². The predicted molar refractivity (Wildman–Crippen MR) is 212 cm³/mol. The average molecular weight is 777 g/mol. The Morgan fingerprint density at radius 1 is 1.00 bits per heavy atom. The third-order valence-corrected chi connectivity index (χ3v) is 15.2. The summed E-state index contributed by atoms with van der Waals surface area (Å²) in [6, 6.07) is 11.7. The van der Waals surface area contributed by atoms with Gasteiger partial charge in [-0.2, -0.15) is 0 Å². The van der Waals surface area contributed by atoms with Gasteiger partial charge in [0.05, 0.1) is 44.9 Å². The van der Waals surface area contributed by atoms with Crippen LogP contribution in [-0.2, 0) is 50.7 Å². The Hall–Kier alpha value is -4.81. The van der Waals surface area contributed by atoms with Crippen molar-refractivity contribution in [3.8, 4) is 5.75 Å². The third-order valence-electron chi connectivity index (χ3n) is 15.2.